The van der Waals surface area contributed by atoms with Gasteiger partial charge in [0.15, 0.2) is 0 Å². The van der Waals surface area contributed by atoms with E-state index in [0.717, 1.165) is 35.2 Å². The van der Waals surface area contributed by atoms with Crippen molar-refractivity contribution in [1.82, 2.24) is 19.7 Å². The van der Waals surface area contributed by atoms with Gasteiger partial charge in [-0.15, -0.1) is 0 Å². The first kappa shape index (κ1) is 20.1. The van der Waals surface area contributed by atoms with Gasteiger partial charge in [-0.05, 0) is 31.9 Å². The zero-order valence-electron chi connectivity index (χ0n) is 16.5. The molecule has 28 heavy (non-hydrogen) atoms. The van der Waals surface area contributed by atoms with Crippen LogP contribution in [0.5, 0.6) is 0 Å². The highest BCUT2D eigenvalue weighted by molar-refractivity contribution is 6.31. The van der Waals surface area contributed by atoms with Gasteiger partial charge in [0.2, 0.25) is 5.91 Å². The van der Waals surface area contributed by atoms with Crippen LogP contribution in [-0.2, 0) is 17.9 Å². The van der Waals surface area contributed by atoms with E-state index >= 15 is 0 Å². The van der Waals surface area contributed by atoms with Crippen molar-refractivity contribution in [2.75, 3.05) is 6.54 Å². The molecule has 0 fully saturated rings. The van der Waals surface area contributed by atoms with Gasteiger partial charge in [0.25, 0.3) is 5.56 Å². The first-order chi connectivity index (χ1) is 13.4. The molecule has 1 amide bonds. The Balaban J connectivity index is 1.95. The molecule has 2 aromatic heterocycles. The van der Waals surface area contributed by atoms with Crippen molar-refractivity contribution >= 4 is 28.3 Å². The van der Waals surface area contributed by atoms with Crippen LogP contribution in [-0.4, -0.2) is 26.8 Å². The lowest BCUT2D eigenvalue weighted by Crippen LogP contribution is -2.34. The van der Waals surface area contributed by atoms with E-state index in [4.69, 9.17) is 11.6 Å². The fraction of sp³-hybridized carbons (Fsp3) is 0.381. The Kier molecular flexibility index (Phi) is 6.19. The van der Waals surface area contributed by atoms with Gasteiger partial charge < -0.3 is 9.88 Å². The third-order valence-corrected chi connectivity index (χ3v) is 5.41. The molecule has 3 rings (SSSR count). The number of amides is 1. The molecule has 1 N–H and O–H groups in total. The summed E-state index contributed by atoms with van der Waals surface area (Å²) >= 11 is 6.31. The number of fused-ring (bicyclic) bond motifs is 1. The van der Waals surface area contributed by atoms with Crippen molar-refractivity contribution in [3.63, 3.8) is 0 Å². The summed E-state index contributed by atoms with van der Waals surface area (Å²) in [6, 6.07) is 7.67. The van der Waals surface area contributed by atoms with Gasteiger partial charge in [-0.25, -0.2) is 4.68 Å². The highest BCUT2D eigenvalue weighted by Gasteiger charge is 2.17. The number of unbranched alkanes of at least 4 members (excludes halogenated alkanes) is 1. The Labute approximate surface area is 169 Å². The molecule has 0 aliphatic rings. The lowest BCUT2D eigenvalue weighted by Gasteiger charge is -2.10. The molecular formula is C21H25ClN4O2. The molecule has 0 saturated heterocycles. The maximum atomic E-state index is 13.0. The Morgan fingerprint density at radius 1 is 1.21 bits per heavy atom. The number of aryl methyl sites for hydroxylation is 2. The number of rotatable bonds is 7. The van der Waals surface area contributed by atoms with E-state index < -0.39 is 0 Å². The second-order valence-electron chi connectivity index (χ2n) is 6.95. The largest absolute Gasteiger partial charge is 0.354 e. The van der Waals surface area contributed by atoms with Crippen LogP contribution in [0.3, 0.4) is 0 Å². The van der Waals surface area contributed by atoms with Crippen molar-refractivity contribution in [2.45, 2.75) is 46.7 Å². The highest BCUT2D eigenvalue weighted by atomic mass is 35.5. The summed E-state index contributed by atoms with van der Waals surface area (Å²) in [7, 11) is 0. The summed E-state index contributed by atoms with van der Waals surface area (Å²) in [6.45, 7) is 7.05. The van der Waals surface area contributed by atoms with Crippen molar-refractivity contribution in [3.8, 4) is 0 Å². The fourth-order valence-corrected chi connectivity index (χ4v) is 3.58. The average Bonchev–Trinajstić information content (AvgIpc) is 2.91. The minimum atomic E-state index is -0.248. The zero-order valence-corrected chi connectivity index (χ0v) is 17.2. The number of hydrogen-bond donors (Lipinski definition) is 1. The maximum absolute atomic E-state index is 13.0. The van der Waals surface area contributed by atoms with E-state index in [-0.39, 0.29) is 18.0 Å². The van der Waals surface area contributed by atoms with Crippen molar-refractivity contribution in [1.29, 1.82) is 0 Å². The highest BCUT2D eigenvalue weighted by Crippen LogP contribution is 2.25. The number of nitrogens with zero attached hydrogens (tertiary/aromatic N) is 3. The molecule has 7 heteroatoms. The second-order valence-corrected chi connectivity index (χ2v) is 7.36. The smallest absolute Gasteiger partial charge is 0.276 e. The summed E-state index contributed by atoms with van der Waals surface area (Å²) in [6.07, 6.45) is 3.58. The van der Waals surface area contributed by atoms with Crippen LogP contribution < -0.4 is 10.9 Å². The van der Waals surface area contributed by atoms with Crippen LogP contribution in [0, 0.1) is 13.8 Å². The predicted molar refractivity (Wildman–Crippen MR) is 112 cm³/mol. The third-order valence-electron chi connectivity index (χ3n) is 5.04. The van der Waals surface area contributed by atoms with Crippen LogP contribution in [0.1, 0.15) is 36.7 Å². The van der Waals surface area contributed by atoms with Gasteiger partial charge in [-0.2, -0.15) is 5.10 Å². The van der Waals surface area contributed by atoms with Crippen LogP contribution >= 0.6 is 11.6 Å². The van der Waals surface area contributed by atoms with E-state index in [1.165, 1.54) is 4.68 Å². The number of hydrogen-bond acceptors (Lipinski definition) is 3. The van der Waals surface area contributed by atoms with Crippen LogP contribution in [0.4, 0.5) is 0 Å². The molecule has 0 aliphatic carbocycles. The van der Waals surface area contributed by atoms with E-state index in [0.29, 0.717) is 23.5 Å². The molecule has 1 aromatic carbocycles. The maximum Gasteiger partial charge on any atom is 0.276 e. The lowest BCUT2D eigenvalue weighted by atomic mass is 10.2. The molecule has 6 nitrogen and oxygen atoms in total. The number of carbonyl (C=O) groups is 1. The molecule has 0 atom stereocenters. The number of carbonyl (C=O) groups excluding carboxylic acids is 1. The summed E-state index contributed by atoms with van der Waals surface area (Å²) in [5.74, 6) is -0.202. The molecule has 3 aromatic rings. The van der Waals surface area contributed by atoms with Crippen molar-refractivity contribution in [3.05, 3.63) is 62.8 Å². The zero-order chi connectivity index (χ0) is 20.3. The van der Waals surface area contributed by atoms with Crippen LogP contribution in [0.2, 0.25) is 5.02 Å². The summed E-state index contributed by atoms with van der Waals surface area (Å²) in [4.78, 5) is 25.1. The summed E-state index contributed by atoms with van der Waals surface area (Å²) < 4.78 is 3.30. The van der Waals surface area contributed by atoms with Crippen molar-refractivity contribution in [2.24, 2.45) is 0 Å². The van der Waals surface area contributed by atoms with Crippen molar-refractivity contribution < 1.29 is 4.79 Å². The minimum absolute atomic E-state index is 0.0767. The Morgan fingerprint density at radius 2 is 1.96 bits per heavy atom. The van der Waals surface area contributed by atoms with Gasteiger partial charge in [0, 0.05) is 34.9 Å². The van der Waals surface area contributed by atoms with E-state index in [9.17, 15) is 9.59 Å². The Bertz CT molecular complexity index is 1070. The van der Waals surface area contributed by atoms with E-state index in [1.807, 2.05) is 38.1 Å². The molecule has 0 aliphatic heterocycles. The number of aromatic nitrogens is 3. The van der Waals surface area contributed by atoms with Crippen LogP contribution in [0.25, 0.3) is 10.8 Å². The Hall–Kier alpha value is -2.60. The number of halogens is 1. The van der Waals surface area contributed by atoms with E-state index in [1.54, 1.807) is 6.20 Å². The van der Waals surface area contributed by atoms with Gasteiger partial charge in [-0.1, -0.05) is 43.1 Å². The van der Waals surface area contributed by atoms with Gasteiger partial charge in [0.05, 0.1) is 11.6 Å². The molecule has 0 saturated carbocycles. The first-order valence-electron chi connectivity index (χ1n) is 9.49. The van der Waals surface area contributed by atoms with Gasteiger partial charge in [-0.3, -0.25) is 9.59 Å². The van der Waals surface area contributed by atoms with Crippen LogP contribution in [0.15, 0.2) is 35.3 Å². The lowest BCUT2D eigenvalue weighted by molar-refractivity contribution is -0.121. The predicted octanol–water partition coefficient (Wildman–Crippen LogP) is 3.43. The number of benzene rings is 1. The monoisotopic (exact) mass is 400 g/mol. The first-order valence-corrected chi connectivity index (χ1v) is 9.87. The molecule has 0 bridgehead atoms. The van der Waals surface area contributed by atoms with Gasteiger partial charge >= 0.3 is 0 Å². The molecule has 0 unspecified atom stereocenters. The van der Waals surface area contributed by atoms with E-state index in [2.05, 4.69) is 21.9 Å². The molecule has 2 heterocycles. The molecular weight excluding hydrogens is 376 g/mol. The second kappa shape index (κ2) is 8.61. The quantitative estimate of drug-likeness (QED) is 0.618. The summed E-state index contributed by atoms with van der Waals surface area (Å²) in [5, 5.41) is 9.13. The molecule has 148 valence electrons. The standard InChI is InChI=1S/C21H25ClN4O2/c1-4-5-10-23-19(27)13-26-21(28)20-15(3)25(14(2)17(20)11-24-26)12-16-8-6-7-9-18(16)22/h6-9,11H,4-5,10,12-13H2,1-3H3,(H,23,27). The normalized spacial score (nSPS) is 11.1. The average molecular weight is 401 g/mol. The molecule has 0 radical (unpaired) electrons. The minimum Gasteiger partial charge on any atom is -0.354 e. The third kappa shape index (κ3) is 3.97. The topological polar surface area (TPSA) is 68.9 Å². The number of nitrogens with one attached hydrogen (secondary N) is 1. The van der Waals surface area contributed by atoms with Gasteiger partial charge in [0.1, 0.15) is 6.54 Å². The fourth-order valence-electron chi connectivity index (χ4n) is 3.39. The SMILES string of the molecule is CCCCNC(=O)Cn1ncc2c(C)n(Cc3ccccc3Cl)c(C)c2c1=O. The molecule has 0 spiro atoms. The Morgan fingerprint density at radius 3 is 2.68 bits per heavy atom. The summed E-state index contributed by atoms with van der Waals surface area (Å²) in [5.41, 5.74) is 2.54.